The Morgan fingerprint density at radius 2 is 1.69 bits per heavy atom. The summed E-state index contributed by atoms with van der Waals surface area (Å²) in [4.78, 5) is 60.3. The summed E-state index contributed by atoms with van der Waals surface area (Å²) in [6, 6.07) is 3.41. The van der Waals surface area contributed by atoms with Crippen molar-refractivity contribution in [1.29, 1.82) is 0 Å². The van der Waals surface area contributed by atoms with E-state index in [2.05, 4.69) is 20.0 Å². The van der Waals surface area contributed by atoms with Crippen molar-refractivity contribution in [2.24, 2.45) is 17.3 Å². The average molecular weight is 706 g/mol. The van der Waals surface area contributed by atoms with Crippen LogP contribution in [-0.4, -0.2) is 74.9 Å². The summed E-state index contributed by atoms with van der Waals surface area (Å²) in [6.07, 6.45) is -11.9. The number of piperidine rings is 1. The molecular weight excluding hydrogens is 682 g/mol. The topological polar surface area (TPSA) is 122 Å². The normalized spacial score (nSPS) is 22.4. The molecule has 256 valence electrons. The molecular formula is C29H23F8N5O5S. The van der Waals surface area contributed by atoms with E-state index in [1.807, 2.05) is 13.8 Å². The van der Waals surface area contributed by atoms with Crippen LogP contribution in [0.5, 0.6) is 0 Å². The number of esters is 1. The summed E-state index contributed by atoms with van der Waals surface area (Å²) in [5.74, 6) is -9.38. The third kappa shape index (κ3) is 5.75. The number of alkyl halides is 8. The Balaban J connectivity index is 1.38. The monoisotopic (exact) mass is 705 g/mol. The van der Waals surface area contributed by atoms with Gasteiger partial charge in [-0.3, -0.25) is 24.3 Å². The molecule has 3 amide bonds. The number of carbonyl (C=O) groups excluding carboxylic acids is 4. The van der Waals surface area contributed by atoms with Gasteiger partial charge in [0.1, 0.15) is 5.69 Å². The zero-order chi connectivity index (χ0) is 35.3. The van der Waals surface area contributed by atoms with Gasteiger partial charge in [0.15, 0.2) is 0 Å². The van der Waals surface area contributed by atoms with Crippen molar-refractivity contribution in [2.75, 3.05) is 18.4 Å². The van der Waals surface area contributed by atoms with E-state index < -0.39 is 83.8 Å². The van der Waals surface area contributed by atoms with Gasteiger partial charge in [-0.1, -0.05) is 13.8 Å². The van der Waals surface area contributed by atoms with E-state index in [0.29, 0.717) is 15.8 Å². The number of nitrogens with one attached hydrogen (secondary N) is 1. The van der Waals surface area contributed by atoms with Crippen molar-refractivity contribution in [2.45, 2.75) is 51.8 Å². The maximum absolute atomic E-state index is 13.9. The first-order valence-corrected chi connectivity index (χ1v) is 14.9. The molecule has 10 nitrogen and oxygen atoms in total. The van der Waals surface area contributed by atoms with Crippen molar-refractivity contribution in [3.05, 3.63) is 40.7 Å². The van der Waals surface area contributed by atoms with Crippen molar-refractivity contribution in [1.82, 2.24) is 19.8 Å². The summed E-state index contributed by atoms with van der Waals surface area (Å²) in [7, 11) is 0. The van der Waals surface area contributed by atoms with Gasteiger partial charge in [-0.25, -0.2) is 23.5 Å². The number of aromatic nitrogens is 2. The quantitative estimate of drug-likeness (QED) is 0.204. The maximum Gasteiger partial charge on any atom is 0.490 e. The van der Waals surface area contributed by atoms with E-state index in [1.165, 1.54) is 18.3 Å². The lowest BCUT2D eigenvalue weighted by molar-refractivity contribution is -0.229. The van der Waals surface area contributed by atoms with Gasteiger partial charge < -0.3 is 10.1 Å². The number of pyridine rings is 2. The summed E-state index contributed by atoms with van der Waals surface area (Å²) < 4.78 is 112. The maximum atomic E-state index is 13.9. The number of imide groups is 1. The molecule has 1 saturated carbocycles. The zero-order valence-electron chi connectivity index (χ0n) is 24.9. The van der Waals surface area contributed by atoms with E-state index in [9.17, 15) is 54.3 Å². The van der Waals surface area contributed by atoms with E-state index in [4.69, 9.17) is 0 Å². The molecule has 19 heteroatoms. The summed E-state index contributed by atoms with van der Waals surface area (Å²) >= 11 is 0.998. The molecule has 3 aromatic rings. The van der Waals surface area contributed by atoms with Crippen LogP contribution in [0.15, 0.2) is 24.4 Å². The van der Waals surface area contributed by atoms with E-state index >= 15 is 0 Å². The highest BCUT2D eigenvalue weighted by Gasteiger charge is 2.72. The van der Waals surface area contributed by atoms with Gasteiger partial charge in [0.05, 0.1) is 53.1 Å². The fourth-order valence-corrected chi connectivity index (χ4v) is 7.27. The lowest BCUT2D eigenvalue weighted by Gasteiger charge is -2.42. The van der Waals surface area contributed by atoms with Crippen LogP contribution in [0.3, 0.4) is 0 Å². The Morgan fingerprint density at radius 1 is 1.06 bits per heavy atom. The van der Waals surface area contributed by atoms with Crippen LogP contribution in [0, 0.1) is 24.2 Å². The van der Waals surface area contributed by atoms with Gasteiger partial charge in [-0.05, 0) is 30.5 Å². The standard InChI is InChI=1S/C29H23F8N5O5S/c1-11-19(40-21(43)24(41-9-27(30,31)10-41)47-25(46)29(35,36)37)14(7-16(39-11)28(32,33)34)13-4-5-38-15-6-12(48-20(13)15)8-42-22(44)17-18(23(42)45)26(17,2)3/h4-7,17-18,24H,8-10H2,1-3H3,(H,40,43). The highest BCUT2D eigenvalue weighted by Crippen LogP contribution is 2.63. The summed E-state index contributed by atoms with van der Waals surface area (Å²) in [6.45, 7) is 2.09. The fraction of sp³-hybridized carbons (Fsp3) is 0.448. The van der Waals surface area contributed by atoms with Gasteiger partial charge in [0.25, 0.3) is 11.8 Å². The molecule has 6 rings (SSSR count). The number of amides is 3. The second-order valence-electron chi connectivity index (χ2n) is 12.3. The van der Waals surface area contributed by atoms with E-state index in [1.54, 1.807) is 0 Å². The lowest BCUT2D eigenvalue weighted by atomic mass is 10.0. The first-order chi connectivity index (χ1) is 22.1. The van der Waals surface area contributed by atoms with Crippen molar-refractivity contribution in [3.8, 4) is 11.1 Å². The van der Waals surface area contributed by atoms with E-state index in [-0.39, 0.29) is 39.7 Å². The zero-order valence-corrected chi connectivity index (χ0v) is 25.7. The number of thiophene rings is 1. The fourth-order valence-electron chi connectivity index (χ4n) is 6.14. The number of fused-ring (bicyclic) bond motifs is 2. The van der Waals surface area contributed by atoms with Gasteiger partial charge in [0.2, 0.25) is 18.0 Å². The Labute approximate surface area is 269 Å². The molecule has 1 N–H and O–H groups in total. The molecule has 3 fully saturated rings. The summed E-state index contributed by atoms with van der Waals surface area (Å²) in [5, 5.41) is 2.14. The van der Waals surface area contributed by atoms with Gasteiger partial charge in [-0.15, -0.1) is 11.3 Å². The second kappa shape index (κ2) is 10.9. The second-order valence-corrected chi connectivity index (χ2v) is 13.5. The van der Waals surface area contributed by atoms with Crippen LogP contribution in [0.25, 0.3) is 21.3 Å². The largest absolute Gasteiger partial charge is 0.490 e. The average Bonchev–Trinajstić information content (AvgIpc) is 3.19. The van der Waals surface area contributed by atoms with Crippen molar-refractivity contribution < 1.29 is 59.0 Å². The molecule has 5 heterocycles. The van der Waals surface area contributed by atoms with Crippen LogP contribution < -0.4 is 5.32 Å². The molecule has 3 unspecified atom stereocenters. The highest BCUT2D eigenvalue weighted by atomic mass is 32.1. The van der Waals surface area contributed by atoms with E-state index in [0.717, 1.165) is 23.2 Å². The first kappa shape index (κ1) is 33.6. The molecule has 0 spiro atoms. The molecule has 2 saturated heterocycles. The molecule has 0 bridgehead atoms. The van der Waals surface area contributed by atoms with Crippen LogP contribution in [-0.2, 0) is 36.6 Å². The molecule has 3 aromatic heterocycles. The number of ether oxygens (including phenoxy) is 1. The number of anilines is 1. The third-order valence-electron chi connectivity index (χ3n) is 8.57. The number of nitrogens with zero attached hydrogens (tertiary/aromatic N) is 4. The Kier molecular flexibility index (Phi) is 7.62. The molecule has 0 radical (unpaired) electrons. The van der Waals surface area contributed by atoms with Crippen molar-refractivity contribution >= 4 is 50.9 Å². The molecule has 0 aromatic carbocycles. The number of rotatable bonds is 7. The molecule has 3 atom stereocenters. The highest BCUT2D eigenvalue weighted by molar-refractivity contribution is 7.19. The Bertz CT molecular complexity index is 1860. The number of hydrogen-bond donors (Lipinski definition) is 1. The van der Waals surface area contributed by atoms with Gasteiger partial charge in [0, 0.05) is 22.2 Å². The first-order valence-electron chi connectivity index (χ1n) is 14.1. The Hall–Kier alpha value is -4.26. The summed E-state index contributed by atoms with van der Waals surface area (Å²) in [5.41, 5.74) is -2.77. The van der Waals surface area contributed by atoms with Gasteiger partial charge >= 0.3 is 18.3 Å². The number of aryl methyl sites for hydroxylation is 1. The smallest absolute Gasteiger partial charge is 0.430 e. The molecule has 2 aliphatic heterocycles. The molecule has 48 heavy (non-hydrogen) atoms. The lowest BCUT2D eigenvalue weighted by Crippen LogP contribution is -2.64. The SMILES string of the molecule is Cc1nc(C(F)(F)F)cc(-c2ccnc3cc(CN4C(=O)C5C(C4=O)C5(C)C)sc23)c1NC(=O)C(OC(=O)C(F)(F)F)N1CC(F)(F)C1. The van der Waals surface area contributed by atoms with Crippen LogP contribution in [0.1, 0.15) is 30.1 Å². The minimum atomic E-state index is -5.59. The number of likely N-dealkylation sites (tertiary alicyclic amines) is 2. The number of carbonyl (C=O) groups is 4. The Morgan fingerprint density at radius 3 is 2.25 bits per heavy atom. The van der Waals surface area contributed by atoms with Crippen molar-refractivity contribution in [3.63, 3.8) is 0 Å². The predicted octanol–water partition coefficient (Wildman–Crippen LogP) is 5.15. The van der Waals surface area contributed by atoms with Crippen LogP contribution in [0.2, 0.25) is 0 Å². The number of halogens is 8. The van der Waals surface area contributed by atoms with Crippen LogP contribution >= 0.6 is 11.3 Å². The van der Waals surface area contributed by atoms with Crippen LogP contribution in [0.4, 0.5) is 40.8 Å². The predicted molar refractivity (Wildman–Crippen MR) is 150 cm³/mol. The third-order valence-corrected chi connectivity index (χ3v) is 9.71. The minimum Gasteiger partial charge on any atom is -0.430 e. The number of hydrogen-bond acceptors (Lipinski definition) is 9. The molecule has 3 aliphatic rings. The van der Waals surface area contributed by atoms with Gasteiger partial charge in [-0.2, -0.15) is 26.3 Å². The minimum absolute atomic E-state index is 0.0462. The molecule has 1 aliphatic carbocycles.